The molecule has 0 heterocycles. The van der Waals surface area contributed by atoms with Crippen molar-refractivity contribution in [3.05, 3.63) is 0 Å². The first-order chi connectivity index (χ1) is 8.40. The van der Waals surface area contributed by atoms with E-state index in [0.29, 0.717) is 12.0 Å². The van der Waals surface area contributed by atoms with Gasteiger partial charge in [0.1, 0.15) is 0 Å². The maximum atomic E-state index is 10.6. The normalized spacial score (nSPS) is 35.3. The molecule has 2 saturated carbocycles. The van der Waals surface area contributed by atoms with Gasteiger partial charge in [0.15, 0.2) is 0 Å². The highest BCUT2D eigenvalue weighted by Crippen LogP contribution is 2.40. The first-order valence-corrected chi connectivity index (χ1v) is 7.54. The second-order valence-corrected chi connectivity index (χ2v) is 7.23. The fourth-order valence-electron chi connectivity index (χ4n) is 3.24. The molecule has 0 amide bonds. The van der Waals surface area contributed by atoms with Crippen LogP contribution in [0, 0.1) is 5.41 Å². The van der Waals surface area contributed by atoms with Crippen LogP contribution in [0.15, 0.2) is 0 Å². The summed E-state index contributed by atoms with van der Waals surface area (Å²) in [5.74, 6) is 0. The topological polar surface area (TPSA) is 52.5 Å². The number of rotatable bonds is 3. The Morgan fingerprint density at radius 3 is 2.28 bits per heavy atom. The molecule has 3 N–H and O–H groups in total. The molecule has 2 aliphatic carbocycles. The molecular weight excluding hydrogens is 226 g/mol. The van der Waals surface area contributed by atoms with Crippen molar-refractivity contribution in [2.75, 3.05) is 6.54 Å². The smallest absolute Gasteiger partial charge is 0.0772 e. The minimum absolute atomic E-state index is 0.192. The van der Waals surface area contributed by atoms with Crippen LogP contribution in [0.25, 0.3) is 0 Å². The van der Waals surface area contributed by atoms with E-state index in [1.165, 1.54) is 6.42 Å². The predicted molar refractivity (Wildman–Crippen MR) is 73.5 cm³/mol. The van der Waals surface area contributed by atoms with E-state index in [2.05, 4.69) is 19.2 Å². The largest absolute Gasteiger partial charge is 0.392 e. The molecule has 0 saturated heterocycles. The second-order valence-electron chi connectivity index (χ2n) is 7.23. The van der Waals surface area contributed by atoms with Gasteiger partial charge in [0, 0.05) is 12.6 Å². The SMILES string of the molecule is CC1(C)CCC(O)(CNC2CCCCC2O)CC1. The molecule has 18 heavy (non-hydrogen) atoms. The van der Waals surface area contributed by atoms with Crippen molar-refractivity contribution in [3.63, 3.8) is 0 Å². The summed E-state index contributed by atoms with van der Waals surface area (Å²) in [6.07, 6.45) is 8.02. The molecule has 2 rings (SSSR count). The van der Waals surface area contributed by atoms with Gasteiger partial charge in [-0.15, -0.1) is 0 Å². The van der Waals surface area contributed by atoms with Crippen molar-refractivity contribution >= 4 is 0 Å². The fraction of sp³-hybridized carbons (Fsp3) is 1.00. The molecule has 0 spiro atoms. The van der Waals surface area contributed by atoms with Crippen molar-refractivity contribution < 1.29 is 10.2 Å². The van der Waals surface area contributed by atoms with Gasteiger partial charge < -0.3 is 15.5 Å². The zero-order chi connectivity index (χ0) is 13.2. The molecule has 0 aromatic rings. The molecule has 106 valence electrons. The highest BCUT2D eigenvalue weighted by molar-refractivity contribution is 4.92. The predicted octanol–water partition coefficient (Wildman–Crippen LogP) is 2.21. The lowest BCUT2D eigenvalue weighted by atomic mass is 9.71. The molecular formula is C15H29NO2. The molecule has 0 radical (unpaired) electrons. The molecule has 0 aliphatic heterocycles. The summed E-state index contributed by atoms with van der Waals surface area (Å²) in [6.45, 7) is 5.21. The Morgan fingerprint density at radius 1 is 1.06 bits per heavy atom. The Labute approximate surface area is 111 Å². The van der Waals surface area contributed by atoms with Crippen molar-refractivity contribution in [3.8, 4) is 0 Å². The van der Waals surface area contributed by atoms with Crippen LogP contribution in [0.3, 0.4) is 0 Å². The van der Waals surface area contributed by atoms with Gasteiger partial charge in [-0.25, -0.2) is 0 Å². The van der Waals surface area contributed by atoms with Crippen LogP contribution in [0.5, 0.6) is 0 Å². The van der Waals surface area contributed by atoms with Crippen molar-refractivity contribution in [2.24, 2.45) is 5.41 Å². The first kappa shape index (κ1) is 14.3. The Balaban J connectivity index is 1.79. The Kier molecular flexibility index (Phi) is 4.35. The van der Waals surface area contributed by atoms with E-state index in [1.807, 2.05) is 0 Å². The van der Waals surface area contributed by atoms with Crippen LogP contribution < -0.4 is 5.32 Å². The van der Waals surface area contributed by atoms with Gasteiger partial charge in [-0.3, -0.25) is 0 Å². The van der Waals surface area contributed by atoms with Gasteiger partial charge in [-0.05, 0) is 43.9 Å². The fourth-order valence-corrected chi connectivity index (χ4v) is 3.24. The summed E-state index contributed by atoms with van der Waals surface area (Å²) < 4.78 is 0. The summed E-state index contributed by atoms with van der Waals surface area (Å²) in [4.78, 5) is 0. The van der Waals surface area contributed by atoms with Crippen LogP contribution in [0.1, 0.15) is 65.2 Å². The van der Waals surface area contributed by atoms with E-state index < -0.39 is 5.60 Å². The standard InChI is InChI=1S/C15H29NO2/c1-14(2)7-9-15(18,10-8-14)11-16-12-5-3-4-6-13(12)17/h12-13,16-18H,3-11H2,1-2H3. The third-order valence-electron chi connectivity index (χ3n) is 4.96. The second kappa shape index (κ2) is 5.48. The lowest BCUT2D eigenvalue weighted by molar-refractivity contribution is -0.0313. The molecule has 2 fully saturated rings. The van der Waals surface area contributed by atoms with Crippen molar-refractivity contribution in [1.29, 1.82) is 0 Å². The van der Waals surface area contributed by atoms with Crippen molar-refractivity contribution in [2.45, 2.75) is 83.0 Å². The maximum absolute atomic E-state index is 10.6. The van der Waals surface area contributed by atoms with Gasteiger partial charge in [0.25, 0.3) is 0 Å². The molecule has 0 aromatic heterocycles. The minimum atomic E-state index is -0.549. The lowest BCUT2D eigenvalue weighted by Crippen LogP contribution is -2.51. The molecule has 2 atom stereocenters. The number of nitrogens with one attached hydrogen (secondary N) is 1. The summed E-state index contributed by atoms with van der Waals surface area (Å²) in [5.41, 5.74) is -0.163. The van der Waals surface area contributed by atoms with Crippen LogP contribution in [-0.4, -0.2) is 34.5 Å². The summed E-state index contributed by atoms with van der Waals surface area (Å²) in [7, 11) is 0. The molecule has 3 heteroatoms. The third-order valence-corrected chi connectivity index (χ3v) is 4.96. The zero-order valence-corrected chi connectivity index (χ0v) is 11.9. The quantitative estimate of drug-likeness (QED) is 0.725. The summed E-state index contributed by atoms with van der Waals surface area (Å²) in [6, 6.07) is 0.192. The monoisotopic (exact) mass is 255 g/mol. The first-order valence-electron chi connectivity index (χ1n) is 7.54. The maximum Gasteiger partial charge on any atom is 0.0772 e. The van der Waals surface area contributed by atoms with Gasteiger partial charge >= 0.3 is 0 Å². The van der Waals surface area contributed by atoms with E-state index >= 15 is 0 Å². The average molecular weight is 255 g/mol. The van der Waals surface area contributed by atoms with Crippen LogP contribution in [-0.2, 0) is 0 Å². The summed E-state index contributed by atoms with van der Waals surface area (Å²) >= 11 is 0. The van der Waals surface area contributed by atoms with Crippen LogP contribution in [0.2, 0.25) is 0 Å². The molecule has 0 bridgehead atoms. The van der Waals surface area contributed by atoms with Crippen molar-refractivity contribution in [1.82, 2.24) is 5.32 Å². The van der Waals surface area contributed by atoms with Gasteiger partial charge in [0.2, 0.25) is 0 Å². The number of hydrogen-bond acceptors (Lipinski definition) is 3. The molecule has 2 unspecified atom stereocenters. The zero-order valence-electron chi connectivity index (χ0n) is 11.9. The summed E-state index contributed by atoms with van der Waals surface area (Å²) in [5, 5.41) is 23.9. The van der Waals surface area contributed by atoms with Gasteiger partial charge in [0.05, 0.1) is 11.7 Å². The minimum Gasteiger partial charge on any atom is -0.392 e. The van der Waals surface area contributed by atoms with E-state index in [1.54, 1.807) is 0 Å². The number of aliphatic hydroxyl groups excluding tert-OH is 1. The highest BCUT2D eigenvalue weighted by Gasteiger charge is 2.37. The van der Waals surface area contributed by atoms with E-state index in [0.717, 1.165) is 44.9 Å². The van der Waals surface area contributed by atoms with Gasteiger partial charge in [-0.1, -0.05) is 26.7 Å². The number of aliphatic hydroxyl groups is 2. The molecule has 2 aliphatic rings. The van der Waals surface area contributed by atoms with E-state index in [9.17, 15) is 10.2 Å². The third kappa shape index (κ3) is 3.69. The Morgan fingerprint density at radius 2 is 1.67 bits per heavy atom. The average Bonchev–Trinajstić information content (AvgIpc) is 2.33. The highest BCUT2D eigenvalue weighted by atomic mass is 16.3. The van der Waals surface area contributed by atoms with E-state index in [4.69, 9.17) is 0 Å². The van der Waals surface area contributed by atoms with Crippen LogP contribution in [0.4, 0.5) is 0 Å². The Hall–Kier alpha value is -0.120. The lowest BCUT2D eigenvalue weighted by Gasteiger charge is -2.41. The Bertz CT molecular complexity index is 268. The molecule has 0 aromatic carbocycles. The van der Waals surface area contributed by atoms with E-state index in [-0.39, 0.29) is 12.1 Å². The molecule has 3 nitrogen and oxygen atoms in total. The van der Waals surface area contributed by atoms with Crippen LogP contribution >= 0.6 is 0 Å². The number of hydrogen-bond donors (Lipinski definition) is 3. The van der Waals surface area contributed by atoms with Gasteiger partial charge in [-0.2, -0.15) is 0 Å².